The van der Waals surface area contributed by atoms with Gasteiger partial charge in [0.1, 0.15) is 0 Å². The van der Waals surface area contributed by atoms with E-state index in [-0.39, 0.29) is 12.1 Å². The van der Waals surface area contributed by atoms with Crippen molar-refractivity contribution in [1.29, 1.82) is 0 Å². The van der Waals surface area contributed by atoms with Gasteiger partial charge in [-0.15, -0.1) is 6.58 Å². The summed E-state index contributed by atoms with van der Waals surface area (Å²) >= 11 is 6.11. The van der Waals surface area contributed by atoms with Crippen molar-refractivity contribution in [1.82, 2.24) is 0 Å². The predicted octanol–water partition coefficient (Wildman–Crippen LogP) is 3.62. The molecule has 17 heavy (non-hydrogen) atoms. The van der Waals surface area contributed by atoms with E-state index < -0.39 is 0 Å². The summed E-state index contributed by atoms with van der Waals surface area (Å²) in [4.78, 5) is 2.18. The highest BCUT2D eigenvalue weighted by molar-refractivity contribution is 6.31. The predicted molar refractivity (Wildman–Crippen MR) is 74.7 cm³/mol. The lowest BCUT2D eigenvalue weighted by atomic mass is 10.0. The van der Waals surface area contributed by atoms with E-state index in [1.807, 2.05) is 18.2 Å². The summed E-state index contributed by atoms with van der Waals surface area (Å²) < 4.78 is 0. The van der Waals surface area contributed by atoms with Crippen LogP contribution in [0.4, 0.5) is 5.69 Å². The van der Waals surface area contributed by atoms with Crippen molar-refractivity contribution in [2.24, 2.45) is 0 Å². The molecular formula is C14H20ClNO. The first kappa shape index (κ1) is 14.1. The summed E-state index contributed by atoms with van der Waals surface area (Å²) in [5, 5.41) is 10.0. The van der Waals surface area contributed by atoms with E-state index in [0.717, 1.165) is 17.8 Å². The van der Waals surface area contributed by atoms with Crippen LogP contribution in [0, 0.1) is 0 Å². The Hall–Kier alpha value is -0.990. The van der Waals surface area contributed by atoms with Crippen LogP contribution in [0.3, 0.4) is 0 Å². The molecule has 94 valence electrons. The van der Waals surface area contributed by atoms with Gasteiger partial charge in [-0.2, -0.15) is 0 Å². The second-order valence-electron chi connectivity index (χ2n) is 4.97. The maximum Gasteiger partial charge on any atom is 0.0716 e. The van der Waals surface area contributed by atoms with Crippen LogP contribution >= 0.6 is 11.6 Å². The van der Waals surface area contributed by atoms with Crippen molar-refractivity contribution >= 4 is 17.3 Å². The molecule has 0 saturated heterocycles. The fourth-order valence-corrected chi connectivity index (χ4v) is 2.05. The number of rotatable bonds is 4. The molecule has 0 aliphatic heterocycles. The molecule has 0 aliphatic carbocycles. The Balaban J connectivity index is 3.27. The lowest BCUT2D eigenvalue weighted by Gasteiger charge is -2.38. The van der Waals surface area contributed by atoms with E-state index in [9.17, 15) is 5.11 Å². The first-order chi connectivity index (χ1) is 7.91. The molecule has 0 spiro atoms. The van der Waals surface area contributed by atoms with Gasteiger partial charge >= 0.3 is 0 Å². The van der Waals surface area contributed by atoms with Gasteiger partial charge in [0, 0.05) is 28.4 Å². The standard InChI is InChI=1S/C14H20ClNO/c1-5-9-16(14(2,3)4)13-8-6-7-12(15)11(13)10-17/h5-8,17H,1,9-10H2,2-4H3. The molecule has 0 atom stereocenters. The van der Waals surface area contributed by atoms with Crippen molar-refractivity contribution in [2.45, 2.75) is 32.9 Å². The van der Waals surface area contributed by atoms with Gasteiger partial charge in [0.2, 0.25) is 0 Å². The average molecular weight is 254 g/mol. The van der Waals surface area contributed by atoms with Gasteiger partial charge in [0.25, 0.3) is 0 Å². The Morgan fingerprint density at radius 3 is 2.53 bits per heavy atom. The van der Waals surface area contributed by atoms with Crippen molar-refractivity contribution in [3.8, 4) is 0 Å². The van der Waals surface area contributed by atoms with Gasteiger partial charge in [-0.3, -0.25) is 0 Å². The summed E-state index contributed by atoms with van der Waals surface area (Å²) in [6.45, 7) is 10.8. The third-order valence-corrected chi connectivity index (χ3v) is 3.02. The van der Waals surface area contributed by atoms with Crippen molar-refractivity contribution in [3.63, 3.8) is 0 Å². The minimum atomic E-state index is -0.0568. The second-order valence-corrected chi connectivity index (χ2v) is 5.37. The molecule has 0 aliphatic rings. The van der Waals surface area contributed by atoms with Crippen molar-refractivity contribution in [3.05, 3.63) is 41.4 Å². The monoisotopic (exact) mass is 253 g/mol. The van der Waals surface area contributed by atoms with Crippen molar-refractivity contribution < 1.29 is 5.11 Å². The quantitative estimate of drug-likeness (QED) is 0.829. The smallest absolute Gasteiger partial charge is 0.0716 e. The average Bonchev–Trinajstić information content (AvgIpc) is 2.24. The van der Waals surface area contributed by atoms with Crippen LogP contribution in [-0.2, 0) is 6.61 Å². The van der Waals surface area contributed by atoms with E-state index in [4.69, 9.17) is 11.6 Å². The highest BCUT2D eigenvalue weighted by Gasteiger charge is 2.23. The van der Waals surface area contributed by atoms with Gasteiger partial charge in [-0.25, -0.2) is 0 Å². The number of nitrogens with zero attached hydrogens (tertiary/aromatic N) is 1. The molecule has 1 N–H and O–H groups in total. The maximum atomic E-state index is 9.45. The summed E-state index contributed by atoms with van der Waals surface area (Å²) in [5.41, 5.74) is 1.68. The number of halogens is 1. The van der Waals surface area contributed by atoms with Gasteiger partial charge in [0.15, 0.2) is 0 Å². The van der Waals surface area contributed by atoms with Crippen LogP contribution < -0.4 is 4.90 Å². The fraction of sp³-hybridized carbons (Fsp3) is 0.429. The van der Waals surface area contributed by atoms with Gasteiger partial charge < -0.3 is 10.0 Å². The molecule has 0 bridgehead atoms. The third-order valence-electron chi connectivity index (χ3n) is 2.66. The third kappa shape index (κ3) is 3.24. The molecule has 1 aromatic rings. The van der Waals surface area contributed by atoms with Crippen LogP contribution in [0.25, 0.3) is 0 Å². The molecule has 1 aromatic carbocycles. The van der Waals surface area contributed by atoms with E-state index in [0.29, 0.717) is 5.02 Å². The zero-order chi connectivity index (χ0) is 13.1. The molecule has 0 fully saturated rings. The summed E-state index contributed by atoms with van der Waals surface area (Å²) in [7, 11) is 0. The minimum absolute atomic E-state index is 0.0528. The maximum absolute atomic E-state index is 9.45. The lowest BCUT2D eigenvalue weighted by Crippen LogP contribution is -2.42. The summed E-state index contributed by atoms with van der Waals surface area (Å²) in [6.07, 6.45) is 1.85. The van der Waals surface area contributed by atoms with Crippen LogP contribution in [-0.4, -0.2) is 17.2 Å². The molecular weight excluding hydrogens is 234 g/mol. The number of aliphatic hydroxyl groups excluding tert-OH is 1. The zero-order valence-electron chi connectivity index (χ0n) is 10.7. The number of anilines is 1. The molecule has 2 nitrogen and oxygen atoms in total. The van der Waals surface area contributed by atoms with Crippen LogP contribution in [0.15, 0.2) is 30.9 Å². The molecule has 0 amide bonds. The first-order valence-electron chi connectivity index (χ1n) is 5.68. The van der Waals surface area contributed by atoms with E-state index >= 15 is 0 Å². The Morgan fingerprint density at radius 2 is 2.06 bits per heavy atom. The molecule has 0 aromatic heterocycles. The second kappa shape index (κ2) is 5.56. The molecule has 0 unspecified atom stereocenters. The van der Waals surface area contributed by atoms with Crippen LogP contribution in [0.5, 0.6) is 0 Å². The zero-order valence-corrected chi connectivity index (χ0v) is 11.5. The molecule has 1 rings (SSSR count). The van der Waals surface area contributed by atoms with E-state index in [2.05, 4.69) is 32.3 Å². The highest BCUT2D eigenvalue weighted by atomic mass is 35.5. The normalized spacial score (nSPS) is 11.4. The SMILES string of the molecule is C=CCN(c1cccc(Cl)c1CO)C(C)(C)C. The van der Waals surface area contributed by atoms with Gasteiger partial charge in [-0.05, 0) is 32.9 Å². The highest BCUT2D eigenvalue weighted by Crippen LogP contribution is 2.31. The van der Waals surface area contributed by atoms with Gasteiger partial charge in [-0.1, -0.05) is 23.7 Å². The Morgan fingerprint density at radius 1 is 1.41 bits per heavy atom. The number of hydrogen-bond donors (Lipinski definition) is 1. The lowest BCUT2D eigenvalue weighted by molar-refractivity contribution is 0.281. The Kier molecular flexibility index (Phi) is 4.61. The van der Waals surface area contributed by atoms with E-state index in [1.165, 1.54) is 0 Å². The summed E-state index contributed by atoms with van der Waals surface area (Å²) in [5.74, 6) is 0. The fourth-order valence-electron chi connectivity index (χ4n) is 1.82. The largest absolute Gasteiger partial charge is 0.392 e. The molecule has 3 heteroatoms. The number of aliphatic hydroxyl groups is 1. The van der Waals surface area contributed by atoms with Crippen LogP contribution in [0.2, 0.25) is 5.02 Å². The topological polar surface area (TPSA) is 23.5 Å². The number of benzene rings is 1. The van der Waals surface area contributed by atoms with Gasteiger partial charge in [0.05, 0.1) is 6.61 Å². The number of hydrogen-bond acceptors (Lipinski definition) is 2. The Labute approximate surface area is 109 Å². The molecule has 0 heterocycles. The van der Waals surface area contributed by atoms with Crippen molar-refractivity contribution in [2.75, 3.05) is 11.4 Å². The summed E-state index contributed by atoms with van der Waals surface area (Å²) in [6, 6.07) is 5.68. The van der Waals surface area contributed by atoms with Crippen LogP contribution in [0.1, 0.15) is 26.3 Å². The molecule has 0 radical (unpaired) electrons. The molecule has 0 saturated carbocycles. The first-order valence-corrected chi connectivity index (χ1v) is 6.06. The minimum Gasteiger partial charge on any atom is -0.392 e. The Bertz CT molecular complexity index is 396. The van der Waals surface area contributed by atoms with E-state index in [1.54, 1.807) is 6.07 Å².